The van der Waals surface area contributed by atoms with Crippen molar-refractivity contribution < 1.29 is 22.7 Å². The molecule has 2 heterocycles. The molecule has 1 unspecified atom stereocenters. The molecule has 3 rings (SSSR count). The van der Waals surface area contributed by atoms with E-state index in [1.807, 2.05) is 0 Å². The summed E-state index contributed by atoms with van der Waals surface area (Å²) in [7, 11) is -4.17. The summed E-state index contributed by atoms with van der Waals surface area (Å²) in [4.78, 5) is 13.8. The fraction of sp³-hybridized carbons (Fsp3) is 0.611. The lowest BCUT2D eigenvalue weighted by molar-refractivity contribution is -0.117. The molecule has 2 fully saturated rings. The Morgan fingerprint density at radius 3 is 2.70 bits per heavy atom. The van der Waals surface area contributed by atoms with Gasteiger partial charge in [-0.2, -0.15) is 8.42 Å². The topological polar surface area (TPSA) is 89.9 Å². The number of hydrogen-bond donors (Lipinski definition) is 2. The molecule has 2 saturated heterocycles. The highest BCUT2D eigenvalue weighted by atomic mass is 32.2. The predicted octanol–water partition coefficient (Wildman–Crippen LogP) is 1.62. The third kappa shape index (κ3) is 4.52. The minimum Gasteiger partial charge on any atom is -0.506 e. The molecule has 0 radical (unpaired) electrons. The molecule has 1 atom stereocenters. The summed E-state index contributed by atoms with van der Waals surface area (Å²) < 4.78 is 40.8. The Balaban J connectivity index is 1.76. The maximum absolute atomic E-state index is 14.6. The minimum atomic E-state index is -4.17. The second-order valence-electron chi connectivity index (χ2n) is 7.85. The van der Waals surface area contributed by atoms with Gasteiger partial charge in [0.2, 0.25) is 0 Å². The highest BCUT2D eigenvalue weighted by Crippen LogP contribution is 2.35. The highest BCUT2D eigenvalue weighted by molar-refractivity contribution is 7.92. The smallest absolute Gasteiger partial charge is 0.326 e. The number of phenolic OH excluding ortho intramolecular Hbond substituents is 1. The molecular formula is C18H26FN3O4S. The number of aromatic hydroxyl groups is 1. The van der Waals surface area contributed by atoms with E-state index in [0.29, 0.717) is 28.1 Å². The van der Waals surface area contributed by atoms with Crippen molar-refractivity contribution in [2.45, 2.75) is 33.1 Å². The molecule has 1 aromatic carbocycles. The highest BCUT2D eigenvalue weighted by Gasteiger charge is 2.37. The summed E-state index contributed by atoms with van der Waals surface area (Å²) in [5, 5.41) is 10.3. The van der Waals surface area contributed by atoms with E-state index in [1.54, 1.807) is 4.72 Å². The van der Waals surface area contributed by atoms with Gasteiger partial charge in [0.1, 0.15) is 18.0 Å². The number of hydrogen-bond acceptors (Lipinski definition) is 5. The van der Waals surface area contributed by atoms with Gasteiger partial charge in [-0.25, -0.2) is 13.4 Å². The third-order valence-electron chi connectivity index (χ3n) is 4.92. The molecule has 2 N–H and O–H groups in total. The standard InChI is InChI=1S/C18H26FN3O4S/c1-12(2)9-21-5-3-4-13(10-21)6-14-7-15(19)18(16(23)8-14)22-11-17(24)20-27(22,25)26/h7-8,12-13,23H,3-6,9-11H2,1-2H3,(H,20,24). The van der Waals surface area contributed by atoms with Crippen LogP contribution in [0.25, 0.3) is 0 Å². The maximum atomic E-state index is 14.6. The molecule has 1 amide bonds. The predicted molar refractivity (Wildman–Crippen MR) is 100 cm³/mol. The Hall–Kier alpha value is -1.87. The lowest BCUT2D eigenvalue weighted by Gasteiger charge is -2.34. The number of carbonyl (C=O) groups excluding carboxylic acids is 1. The van der Waals surface area contributed by atoms with Gasteiger partial charge in [-0.15, -0.1) is 0 Å². The molecule has 0 aromatic heterocycles. The molecular weight excluding hydrogens is 373 g/mol. The lowest BCUT2D eigenvalue weighted by Crippen LogP contribution is -2.38. The van der Waals surface area contributed by atoms with Crippen molar-refractivity contribution in [2.75, 3.05) is 30.5 Å². The van der Waals surface area contributed by atoms with Crippen LogP contribution in [0.4, 0.5) is 10.1 Å². The monoisotopic (exact) mass is 399 g/mol. The molecule has 27 heavy (non-hydrogen) atoms. The minimum absolute atomic E-state index is 0.362. The molecule has 7 nitrogen and oxygen atoms in total. The van der Waals surface area contributed by atoms with Gasteiger partial charge in [-0.3, -0.25) is 4.79 Å². The van der Waals surface area contributed by atoms with Gasteiger partial charge >= 0.3 is 10.2 Å². The Labute approximate surface area is 159 Å². The first-order chi connectivity index (χ1) is 12.7. The van der Waals surface area contributed by atoms with Crippen LogP contribution in [0, 0.1) is 17.7 Å². The van der Waals surface area contributed by atoms with Crippen LogP contribution in [-0.2, 0) is 21.4 Å². The van der Waals surface area contributed by atoms with Crippen LogP contribution in [0.2, 0.25) is 0 Å². The van der Waals surface area contributed by atoms with Crippen molar-refractivity contribution in [3.05, 3.63) is 23.5 Å². The first-order valence-corrected chi connectivity index (χ1v) is 10.7. The molecule has 9 heteroatoms. The van der Waals surface area contributed by atoms with E-state index < -0.39 is 39.9 Å². The normalized spacial score (nSPS) is 23.0. The first kappa shape index (κ1) is 19.9. The van der Waals surface area contributed by atoms with Gasteiger partial charge in [0.15, 0.2) is 5.82 Å². The van der Waals surface area contributed by atoms with Gasteiger partial charge in [0.25, 0.3) is 5.91 Å². The second-order valence-corrected chi connectivity index (χ2v) is 9.44. The Kier molecular flexibility index (Phi) is 5.62. The van der Waals surface area contributed by atoms with Gasteiger partial charge in [-0.05, 0) is 55.3 Å². The SMILES string of the molecule is CC(C)CN1CCCC(Cc2cc(O)c(N3CC(=O)NS3(=O)=O)c(F)c2)C1. The number of carbonyl (C=O) groups is 1. The van der Waals surface area contributed by atoms with Crippen LogP contribution >= 0.6 is 0 Å². The van der Waals surface area contributed by atoms with Crippen molar-refractivity contribution in [3.63, 3.8) is 0 Å². The lowest BCUT2D eigenvalue weighted by atomic mass is 9.90. The van der Waals surface area contributed by atoms with Crippen LogP contribution in [0.1, 0.15) is 32.3 Å². The zero-order valence-corrected chi connectivity index (χ0v) is 16.4. The number of nitrogens with zero attached hydrogens (tertiary/aromatic N) is 2. The average Bonchev–Trinajstić information content (AvgIpc) is 2.78. The number of halogens is 1. The van der Waals surface area contributed by atoms with Crippen LogP contribution in [0.15, 0.2) is 12.1 Å². The number of benzene rings is 1. The molecule has 0 saturated carbocycles. The zero-order chi connectivity index (χ0) is 19.8. The van der Waals surface area contributed by atoms with E-state index in [2.05, 4.69) is 18.7 Å². The molecule has 2 aliphatic heterocycles. The molecule has 0 spiro atoms. The van der Waals surface area contributed by atoms with Gasteiger partial charge in [-0.1, -0.05) is 13.8 Å². The quantitative estimate of drug-likeness (QED) is 0.785. The van der Waals surface area contributed by atoms with Crippen molar-refractivity contribution in [1.29, 1.82) is 0 Å². The van der Waals surface area contributed by atoms with Crippen molar-refractivity contribution in [2.24, 2.45) is 11.8 Å². The molecule has 1 aromatic rings. The Morgan fingerprint density at radius 1 is 1.37 bits per heavy atom. The van der Waals surface area contributed by atoms with Gasteiger partial charge < -0.3 is 10.0 Å². The number of likely N-dealkylation sites (tertiary alicyclic amines) is 1. The summed E-state index contributed by atoms with van der Waals surface area (Å²) in [6, 6.07) is 2.66. The molecule has 0 aliphatic carbocycles. The first-order valence-electron chi connectivity index (χ1n) is 9.22. The number of anilines is 1. The van der Waals surface area contributed by atoms with Gasteiger partial charge in [0.05, 0.1) is 0 Å². The summed E-state index contributed by atoms with van der Waals surface area (Å²) in [6.07, 6.45) is 2.74. The fourth-order valence-corrected chi connectivity index (χ4v) is 5.15. The summed E-state index contributed by atoms with van der Waals surface area (Å²) in [6.45, 7) is 6.85. The van der Waals surface area contributed by atoms with Gasteiger partial charge in [0, 0.05) is 13.1 Å². The van der Waals surface area contributed by atoms with E-state index in [9.17, 15) is 22.7 Å². The Morgan fingerprint density at radius 2 is 2.11 bits per heavy atom. The van der Waals surface area contributed by atoms with E-state index in [1.165, 1.54) is 12.1 Å². The van der Waals surface area contributed by atoms with Crippen molar-refractivity contribution >= 4 is 21.8 Å². The van der Waals surface area contributed by atoms with Crippen molar-refractivity contribution in [1.82, 2.24) is 9.62 Å². The number of phenols is 1. The van der Waals surface area contributed by atoms with E-state index >= 15 is 0 Å². The summed E-state index contributed by atoms with van der Waals surface area (Å²) in [5.74, 6) is -1.13. The van der Waals surface area contributed by atoms with E-state index in [-0.39, 0.29) is 0 Å². The van der Waals surface area contributed by atoms with Crippen LogP contribution in [0.5, 0.6) is 5.75 Å². The van der Waals surface area contributed by atoms with Crippen LogP contribution in [-0.4, -0.2) is 50.5 Å². The Bertz CT molecular complexity index is 805. The number of piperidine rings is 1. The average molecular weight is 399 g/mol. The number of nitrogens with one attached hydrogen (secondary N) is 1. The molecule has 150 valence electrons. The largest absolute Gasteiger partial charge is 0.506 e. The fourth-order valence-electron chi connectivity index (χ4n) is 3.98. The van der Waals surface area contributed by atoms with E-state index in [4.69, 9.17) is 0 Å². The third-order valence-corrected chi connectivity index (χ3v) is 6.30. The van der Waals surface area contributed by atoms with Crippen molar-refractivity contribution in [3.8, 4) is 5.75 Å². The number of rotatable bonds is 5. The summed E-state index contributed by atoms with van der Waals surface area (Å²) in [5.41, 5.74) is 0.142. The van der Waals surface area contributed by atoms with Crippen LogP contribution < -0.4 is 9.03 Å². The van der Waals surface area contributed by atoms with Crippen LogP contribution in [0.3, 0.4) is 0 Å². The number of amides is 1. The molecule has 2 aliphatic rings. The van der Waals surface area contributed by atoms with E-state index in [0.717, 1.165) is 32.5 Å². The molecule has 0 bridgehead atoms. The zero-order valence-electron chi connectivity index (χ0n) is 15.6. The maximum Gasteiger partial charge on any atom is 0.326 e. The summed E-state index contributed by atoms with van der Waals surface area (Å²) >= 11 is 0. The second kappa shape index (κ2) is 7.63.